The molecular formula is C19H20F3N3O3. The molecule has 0 aliphatic heterocycles. The monoisotopic (exact) mass is 395 g/mol. The molecule has 0 radical (unpaired) electrons. The van der Waals surface area contributed by atoms with Gasteiger partial charge in [-0.05, 0) is 30.2 Å². The molecule has 9 heteroatoms. The highest BCUT2D eigenvalue weighted by Gasteiger charge is 2.32. The van der Waals surface area contributed by atoms with Crippen LogP contribution in [0.4, 0.5) is 18.9 Å². The van der Waals surface area contributed by atoms with Gasteiger partial charge in [-0.1, -0.05) is 30.3 Å². The van der Waals surface area contributed by atoms with Gasteiger partial charge in [-0.15, -0.1) is 13.2 Å². The summed E-state index contributed by atoms with van der Waals surface area (Å²) in [5, 5.41) is 5.22. The Morgan fingerprint density at radius 3 is 2.43 bits per heavy atom. The summed E-state index contributed by atoms with van der Waals surface area (Å²) in [5.74, 6) is -1.17. The van der Waals surface area contributed by atoms with Crippen LogP contribution >= 0.6 is 0 Å². The van der Waals surface area contributed by atoms with Gasteiger partial charge >= 0.3 is 6.36 Å². The summed E-state index contributed by atoms with van der Waals surface area (Å²) in [6.45, 7) is 0.566. The molecule has 0 heterocycles. The van der Waals surface area contributed by atoms with Crippen molar-refractivity contribution in [1.29, 1.82) is 0 Å². The van der Waals surface area contributed by atoms with Crippen LogP contribution in [0.5, 0.6) is 5.75 Å². The molecule has 0 saturated heterocycles. The molecule has 28 heavy (non-hydrogen) atoms. The van der Waals surface area contributed by atoms with Gasteiger partial charge in [-0.2, -0.15) is 0 Å². The van der Waals surface area contributed by atoms with Crippen LogP contribution in [0.1, 0.15) is 22.3 Å². The van der Waals surface area contributed by atoms with E-state index in [0.29, 0.717) is 5.69 Å². The van der Waals surface area contributed by atoms with E-state index in [9.17, 15) is 22.8 Å². The number of hydrogen-bond donors (Lipinski definition) is 3. The van der Waals surface area contributed by atoms with Crippen LogP contribution in [0.15, 0.2) is 48.5 Å². The largest absolute Gasteiger partial charge is 0.573 e. The molecule has 0 aliphatic rings. The molecule has 4 N–H and O–H groups in total. The van der Waals surface area contributed by atoms with E-state index in [1.165, 1.54) is 18.2 Å². The van der Waals surface area contributed by atoms with Crippen molar-refractivity contribution in [2.24, 2.45) is 5.73 Å². The number of rotatable bonds is 8. The second-order valence-corrected chi connectivity index (χ2v) is 5.79. The molecule has 0 unspecified atom stereocenters. The number of hydrogen-bond acceptors (Lipinski definition) is 4. The minimum Gasteiger partial charge on any atom is -0.406 e. The number of benzene rings is 2. The number of nitrogens with one attached hydrogen (secondary N) is 2. The van der Waals surface area contributed by atoms with E-state index < -0.39 is 12.3 Å². The van der Waals surface area contributed by atoms with Gasteiger partial charge < -0.3 is 21.1 Å². The topological polar surface area (TPSA) is 93.5 Å². The van der Waals surface area contributed by atoms with Crippen molar-refractivity contribution < 1.29 is 27.5 Å². The average Bonchev–Trinajstić information content (AvgIpc) is 2.64. The molecule has 0 atom stereocenters. The molecule has 150 valence electrons. The van der Waals surface area contributed by atoms with E-state index in [4.69, 9.17) is 5.73 Å². The van der Waals surface area contributed by atoms with Crippen molar-refractivity contribution in [1.82, 2.24) is 5.32 Å². The predicted octanol–water partition coefficient (Wildman–Crippen LogP) is 2.85. The molecule has 0 spiro atoms. The number of aryl methyl sites for hydroxylation is 1. The number of halogens is 3. The molecule has 0 aromatic heterocycles. The maximum atomic E-state index is 12.5. The second kappa shape index (κ2) is 9.75. The number of amides is 2. The van der Waals surface area contributed by atoms with E-state index >= 15 is 0 Å². The number of alkyl halides is 3. The fraction of sp³-hybridized carbons (Fsp3) is 0.263. The molecule has 2 aromatic carbocycles. The molecule has 6 nitrogen and oxygen atoms in total. The maximum Gasteiger partial charge on any atom is 0.573 e. The molecule has 2 rings (SSSR count). The lowest BCUT2D eigenvalue weighted by atomic mass is 10.1. The van der Waals surface area contributed by atoms with Gasteiger partial charge in [0, 0.05) is 19.5 Å². The number of ether oxygens (including phenoxy) is 1. The third-order valence-electron chi connectivity index (χ3n) is 3.70. The molecule has 0 aliphatic carbocycles. The summed E-state index contributed by atoms with van der Waals surface area (Å²) in [6, 6.07) is 12.1. The fourth-order valence-corrected chi connectivity index (χ4v) is 2.47. The van der Waals surface area contributed by atoms with Gasteiger partial charge in [0.2, 0.25) is 5.91 Å². The highest BCUT2D eigenvalue weighted by atomic mass is 19.4. The van der Waals surface area contributed by atoms with Gasteiger partial charge in [-0.25, -0.2) is 0 Å². The molecule has 0 saturated carbocycles. The first-order valence-electron chi connectivity index (χ1n) is 8.51. The number of carbonyl (C=O) groups is 2. The quantitative estimate of drug-likeness (QED) is 0.641. The lowest BCUT2D eigenvalue weighted by Gasteiger charge is -2.14. The minimum absolute atomic E-state index is 0.0413. The third kappa shape index (κ3) is 6.58. The smallest absolute Gasteiger partial charge is 0.406 e. The summed E-state index contributed by atoms with van der Waals surface area (Å²) in [5.41, 5.74) is 6.18. The van der Waals surface area contributed by atoms with Crippen LogP contribution in [-0.4, -0.2) is 31.3 Å². The fourth-order valence-electron chi connectivity index (χ4n) is 2.47. The minimum atomic E-state index is -4.81. The number of nitrogens with two attached hydrogens (primary N) is 1. The van der Waals surface area contributed by atoms with Crippen molar-refractivity contribution in [2.75, 3.05) is 18.4 Å². The Morgan fingerprint density at radius 1 is 1.04 bits per heavy atom. The van der Waals surface area contributed by atoms with Gasteiger partial charge in [0.1, 0.15) is 5.75 Å². The van der Waals surface area contributed by atoms with Crippen molar-refractivity contribution >= 4 is 17.5 Å². The Morgan fingerprint density at radius 2 is 1.71 bits per heavy atom. The third-order valence-corrected chi connectivity index (χ3v) is 3.70. The van der Waals surface area contributed by atoms with E-state index in [0.717, 1.165) is 0 Å². The summed E-state index contributed by atoms with van der Waals surface area (Å²) >= 11 is 0. The molecule has 2 aromatic rings. The predicted molar refractivity (Wildman–Crippen MR) is 97.9 cm³/mol. The number of carbonyl (C=O) groups excluding carboxylic acids is 2. The van der Waals surface area contributed by atoms with E-state index in [1.54, 1.807) is 30.3 Å². The van der Waals surface area contributed by atoms with Crippen molar-refractivity contribution in [3.05, 3.63) is 59.7 Å². The average molecular weight is 395 g/mol. The maximum absolute atomic E-state index is 12.5. The summed E-state index contributed by atoms with van der Waals surface area (Å²) in [7, 11) is 0. The SMILES string of the molecule is NCCNC(=O)c1ccccc1NC(=O)CCc1ccccc1OC(F)(F)F. The Bertz CT molecular complexity index is 825. The first-order valence-corrected chi connectivity index (χ1v) is 8.51. The van der Waals surface area contributed by atoms with Crippen molar-refractivity contribution in [3.8, 4) is 5.75 Å². The van der Waals surface area contributed by atoms with Crippen LogP contribution < -0.4 is 21.1 Å². The van der Waals surface area contributed by atoms with Gasteiger partial charge in [0.15, 0.2) is 0 Å². The standard InChI is InChI=1S/C19H20F3N3O3/c20-19(21,22)28-16-8-4-1-5-13(16)9-10-17(26)25-15-7-3-2-6-14(15)18(27)24-12-11-23/h1-8H,9-12,23H2,(H,24,27)(H,25,26). The highest BCUT2D eigenvalue weighted by Crippen LogP contribution is 2.27. The lowest BCUT2D eigenvalue weighted by Crippen LogP contribution is -2.30. The summed E-state index contributed by atoms with van der Waals surface area (Å²) in [6.07, 6.45) is -4.86. The Labute approximate surface area is 159 Å². The molecule has 2 amide bonds. The van der Waals surface area contributed by atoms with Crippen molar-refractivity contribution in [2.45, 2.75) is 19.2 Å². The van der Waals surface area contributed by atoms with E-state index in [2.05, 4.69) is 15.4 Å². The number of para-hydroxylation sites is 2. The second-order valence-electron chi connectivity index (χ2n) is 5.79. The Kier molecular flexibility index (Phi) is 7.39. The zero-order valence-electron chi connectivity index (χ0n) is 14.9. The van der Waals surface area contributed by atoms with Gasteiger partial charge in [0.25, 0.3) is 5.91 Å². The van der Waals surface area contributed by atoms with Gasteiger partial charge in [-0.3, -0.25) is 9.59 Å². The Balaban J connectivity index is 2.02. The van der Waals surface area contributed by atoms with Gasteiger partial charge in [0.05, 0.1) is 11.3 Å². The highest BCUT2D eigenvalue weighted by molar-refractivity contribution is 6.03. The van der Waals surface area contributed by atoms with E-state index in [-0.39, 0.29) is 48.7 Å². The molecule has 0 fully saturated rings. The van der Waals surface area contributed by atoms with Crippen LogP contribution in [0.3, 0.4) is 0 Å². The van der Waals surface area contributed by atoms with Crippen molar-refractivity contribution in [3.63, 3.8) is 0 Å². The first kappa shape index (κ1) is 21.2. The zero-order valence-corrected chi connectivity index (χ0v) is 14.9. The van der Waals surface area contributed by atoms with E-state index in [1.807, 2.05) is 0 Å². The molecular weight excluding hydrogens is 375 g/mol. The summed E-state index contributed by atoms with van der Waals surface area (Å²) in [4.78, 5) is 24.4. The Hall–Kier alpha value is -3.07. The van der Waals surface area contributed by atoms with Crippen LogP contribution in [0.25, 0.3) is 0 Å². The molecule has 0 bridgehead atoms. The van der Waals surface area contributed by atoms with Crippen LogP contribution in [0.2, 0.25) is 0 Å². The first-order chi connectivity index (χ1) is 13.3. The zero-order chi connectivity index (χ0) is 20.6. The summed E-state index contributed by atoms with van der Waals surface area (Å²) < 4.78 is 41.4. The lowest BCUT2D eigenvalue weighted by molar-refractivity contribution is -0.274. The number of anilines is 1. The van der Waals surface area contributed by atoms with Crippen LogP contribution in [-0.2, 0) is 11.2 Å². The van der Waals surface area contributed by atoms with Crippen LogP contribution in [0, 0.1) is 0 Å². The normalized spacial score (nSPS) is 11.0.